The van der Waals surface area contributed by atoms with Crippen molar-refractivity contribution in [1.82, 2.24) is 0 Å². The molecule has 0 spiro atoms. The van der Waals surface area contributed by atoms with E-state index in [1.807, 2.05) is 12.1 Å². The van der Waals surface area contributed by atoms with Gasteiger partial charge in [-0.1, -0.05) is 67.6 Å². The lowest BCUT2D eigenvalue weighted by molar-refractivity contribution is 1.13. The van der Waals surface area contributed by atoms with Gasteiger partial charge in [-0.05, 0) is 29.2 Å². The molecule has 0 heterocycles. The van der Waals surface area contributed by atoms with Crippen molar-refractivity contribution in [2.45, 2.75) is 13.3 Å². The zero-order chi connectivity index (χ0) is 11.2. The van der Waals surface area contributed by atoms with Crippen LogP contribution in [0.3, 0.4) is 0 Å². The van der Waals surface area contributed by atoms with E-state index in [1.54, 1.807) is 0 Å². The third-order valence-electron chi connectivity index (χ3n) is 2.53. The Kier molecular flexibility index (Phi) is 3.55. The molecule has 0 atom stereocenters. The van der Waals surface area contributed by atoms with Crippen LogP contribution < -0.4 is 0 Å². The fourth-order valence-corrected chi connectivity index (χ4v) is 1.60. The molecule has 0 saturated heterocycles. The molecule has 2 aromatic carbocycles. The van der Waals surface area contributed by atoms with Crippen LogP contribution in [-0.4, -0.2) is 0 Å². The predicted octanol–water partition coefficient (Wildman–Crippen LogP) is 4.22. The van der Waals surface area contributed by atoms with Crippen molar-refractivity contribution in [2.75, 3.05) is 0 Å². The Labute approximate surface area is 97.3 Å². The molecule has 0 fully saturated rings. The van der Waals surface area contributed by atoms with Crippen LogP contribution in [0.1, 0.15) is 23.6 Å². The van der Waals surface area contributed by atoms with Crippen LogP contribution in [0.15, 0.2) is 48.5 Å². The fourth-order valence-electron chi connectivity index (χ4n) is 1.60. The molecule has 0 aliphatic heterocycles. The van der Waals surface area contributed by atoms with E-state index in [1.165, 1.54) is 16.7 Å². The lowest BCUT2D eigenvalue weighted by Crippen LogP contribution is -1.80. The Bertz CT molecular complexity index is 466. The summed E-state index contributed by atoms with van der Waals surface area (Å²) < 4.78 is 0. The fraction of sp³-hybridized carbons (Fsp3) is 0.125. The lowest BCUT2D eigenvalue weighted by atomic mass is 10.1. The summed E-state index contributed by atoms with van der Waals surface area (Å²) in [6.45, 7) is 2.15. The van der Waals surface area contributed by atoms with Crippen molar-refractivity contribution in [3.05, 3.63) is 71.3 Å². The maximum Gasteiger partial charge on any atom is -0.0149 e. The zero-order valence-corrected chi connectivity index (χ0v) is 9.48. The second-order valence-corrected chi connectivity index (χ2v) is 3.74. The molecule has 0 aliphatic rings. The van der Waals surface area contributed by atoms with E-state index < -0.39 is 0 Å². The second-order valence-electron chi connectivity index (χ2n) is 3.74. The molecule has 79 valence electrons. The van der Waals surface area contributed by atoms with Crippen LogP contribution in [0, 0.1) is 6.07 Å². The quantitative estimate of drug-likeness (QED) is 0.661. The highest BCUT2D eigenvalue weighted by Gasteiger charge is 1.90. The maximum atomic E-state index is 3.22. The minimum absolute atomic E-state index is 1.03. The van der Waals surface area contributed by atoms with Gasteiger partial charge in [0, 0.05) is 0 Å². The molecular formula is C16H15. The maximum absolute atomic E-state index is 3.22. The van der Waals surface area contributed by atoms with Crippen molar-refractivity contribution in [2.24, 2.45) is 0 Å². The molecule has 0 heteroatoms. The number of benzene rings is 2. The summed E-state index contributed by atoms with van der Waals surface area (Å²) >= 11 is 0. The van der Waals surface area contributed by atoms with Crippen LogP contribution in [0.4, 0.5) is 0 Å². The minimum atomic E-state index is 1.03. The topological polar surface area (TPSA) is 0 Å². The van der Waals surface area contributed by atoms with Crippen molar-refractivity contribution in [3.8, 4) is 0 Å². The molecule has 2 rings (SSSR count). The molecule has 0 unspecified atom stereocenters. The molecule has 1 radical (unpaired) electrons. The van der Waals surface area contributed by atoms with E-state index in [9.17, 15) is 0 Å². The Morgan fingerprint density at radius 1 is 1.00 bits per heavy atom. The summed E-state index contributed by atoms with van der Waals surface area (Å²) in [5, 5.41) is 0. The molecule has 0 amide bonds. The molecule has 0 saturated carbocycles. The van der Waals surface area contributed by atoms with E-state index >= 15 is 0 Å². The number of hydrogen-bond acceptors (Lipinski definition) is 0. The first-order valence-electron chi connectivity index (χ1n) is 5.62. The normalized spacial score (nSPS) is 10.8. The van der Waals surface area contributed by atoms with E-state index in [-0.39, 0.29) is 0 Å². The van der Waals surface area contributed by atoms with Crippen molar-refractivity contribution >= 4 is 12.2 Å². The molecule has 0 aliphatic carbocycles. The summed E-state index contributed by atoms with van der Waals surface area (Å²) in [4.78, 5) is 0. The van der Waals surface area contributed by atoms with E-state index in [4.69, 9.17) is 0 Å². The van der Waals surface area contributed by atoms with Crippen molar-refractivity contribution in [3.63, 3.8) is 0 Å². The van der Waals surface area contributed by atoms with E-state index in [0.717, 1.165) is 6.42 Å². The Hall–Kier alpha value is -1.82. The lowest BCUT2D eigenvalue weighted by Gasteiger charge is -1.98. The van der Waals surface area contributed by atoms with Crippen LogP contribution in [0.2, 0.25) is 0 Å². The van der Waals surface area contributed by atoms with Crippen molar-refractivity contribution in [1.29, 1.82) is 0 Å². The van der Waals surface area contributed by atoms with E-state index in [2.05, 4.69) is 61.5 Å². The highest BCUT2D eigenvalue weighted by molar-refractivity contribution is 5.69. The first-order chi connectivity index (χ1) is 7.88. The predicted molar refractivity (Wildman–Crippen MR) is 70.0 cm³/mol. The zero-order valence-electron chi connectivity index (χ0n) is 9.48. The highest BCUT2D eigenvalue weighted by atomic mass is 14.0. The molecule has 0 nitrogen and oxygen atoms in total. The third-order valence-corrected chi connectivity index (χ3v) is 2.53. The van der Waals surface area contributed by atoms with Crippen LogP contribution in [-0.2, 0) is 6.42 Å². The van der Waals surface area contributed by atoms with Gasteiger partial charge in [-0.15, -0.1) is 0 Å². The molecule has 2 aromatic rings. The SMILES string of the molecule is CCc1[c]ccc(C=Cc2ccccc2)c1. The minimum Gasteiger partial charge on any atom is -0.0622 e. The van der Waals surface area contributed by atoms with Crippen LogP contribution >= 0.6 is 0 Å². The van der Waals surface area contributed by atoms with Gasteiger partial charge in [0.25, 0.3) is 0 Å². The van der Waals surface area contributed by atoms with Crippen LogP contribution in [0.25, 0.3) is 12.2 Å². The molecular weight excluding hydrogens is 192 g/mol. The largest absolute Gasteiger partial charge is 0.0622 e. The summed E-state index contributed by atoms with van der Waals surface area (Å²) in [5.74, 6) is 0. The van der Waals surface area contributed by atoms with Gasteiger partial charge in [-0.3, -0.25) is 0 Å². The van der Waals surface area contributed by atoms with Gasteiger partial charge in [-0.2, -0.15) is 0 Å². The van der Waals surface area contributed by atoms with Gasteiger partial charge in [0.15, 0.2) is 0 Å². The first-order valence-corrected chi connectivity index (χ1v) is 5.62. The first kappa shape index (κ1) is 10.7. The van der Waals surface area contributed by atoms with Gasteiger partial charge in [-0.25, -0.2) is 0 Å². The number of hydrogen-bond donors (Lipinski definition) is 0. The standard InChI is InChI=1S/C16H15/c1-2-14-9-6-10-16(13-14)12-11-15-7-4-3-5-8-15/h3-8,10-13H,2H2,1H3. The van der Waals surface area contributed by atoms with Crippen molar-refractivity contribution < 1.29 is 0 Å². The Morgan fingerprint density at radius 3 is 2.50 bits per heavy atom. The van der Waals surface area contributed by atoms with Gasteiger partial charge >= 0.3 is 0 Å². The molecule has 0 bridgehead atoms. The second kappa shape index (κ2) is 5.32. The van der Waals surface area contributed by atoms with Gasteiger partial charge in [0.2, 0.25) is 0 Å². The number of rotatable bonds is 3. The molecule has 0 N–H and O–H groups in total. The summed E-state index contributed by atoms with van der Waals surface area (Å²) in [7, 11) is 0. The average molecular weight is 207 g/mol. The molecule has 0 aromatic heterocycles. The summed E-state index contributed by atoms with van der Waals surface area (Å²) in [6.07, 6.45) is 5.31. The molecule has 16 heavy (non-hydrogen) atoms. The van der Waals surface area contributed by atoms with Gasteiger partial charge in [0.1, 0.15) is 0 Å². The smallest absolute Gasteiger partial charge is 0.0149 e. The Morgan fingerprint density at radius 2 is 1.75 bits per heavy atom. The van der Waals surface area contributed by atoms with Gasteiger partial charge in [0.05, 0.1) is 0 Å². The third kappa shape index (κ3) is 2.83. The van der Waals surface area contributed by atoms with Gasteiger partial charge < -0.3 is 0 Å². The van der Waals surface area contributed by atoms with E-state index in [0.29, 0.717) is 0 Å². The summed E-state index contributed by atoms with van der Waals surface area (Å²) in [5.41, 5.74) is 3.73. The summed E-state index contributed by atoms with van der Waals surface area (Å²) in [6, 6.07) is 19.8. The Balaban J connectivity index is 2.17. The monoisotopic (exact) mass is 207 g/mol. The van der Waals surface area contributed by atoms with Crippen LogP contribution in [0.5, 0.6) is 0 Å². The number of aryl methyl sites for hydroxylation is 1. The average Bonchev–Trinajstić information content (AvgIpc) is 2.38. The highest BCUT2D eigenvalue weighted by Crippen LogP contribution is 2.10.